The van der Waals surface area contributed by atoms with Gasteiger partial charge in [-0.15, -0.1) is 0 Å². The van der Waals surface area contributed by atoms with Crippen LogP contribution in [0.25, 0.3) is 0 Å². The Morgan fingerprint density at radius 1 is 0.680 bits per heavy atom. The van der Waals surface area contributed by atoms with E-state index >= 15 is 0 Å². The van der Waals surface area contributed by atoms with Crippen LogP contribution in [0.5, 0.6) is 0 Å². The quantitative estimate of drug-likeness (QED) is 0.192. The zero-order valence-electron chi connectivity index (χ0n) is 16.3. The summed E-state index contributed by atoms with van der Waals surface area (Å²) < 4.78 is 5.09. The zero-order valence-corrected chi connectivity index (χ0v) is 16.3. The highest BCUT2D eigenvalue weighted by atomic mass is 16.6. The van der Waals surface area contributed by atoms with Gasteiger partial charge in [0.25, 0.3) is 0 Å². The first kappa shape index (κ1) is 23.6. The zero-order chi connectivity index (χ0) is 18.4. The van der Waals surface area contributed by atoms with Crippen LogP contribution < -0.4 is 0 Å². The van der Waals surface area contributed by atoms with Crippen molar-refractivity contribution in [3.05, 3.63) is 60.8 Å². The smallest absolute Gasteiger partial charge is 0.154 e. The van der Waals surface area contributed by atoms with E-state index in [1.807, 2.05) is 6.92 Å². The molecule has 0 aromatic heterocycles. The molecule has 2 nitrogen and oxygen atoms in total. The maximum absolute atomic E-state index is 9.42. The van der Waals surface area contributed by atoms with Crippen LogP contribution in [0.3, 0.4) is 0 Å². The summed E-state index contributed by atoms with van der Waals surface area (Å²) in [6, 6.07) is 0. The van der Waals surface area contributed by atoms with Crippen LogP contribution in [0.4, 0.5) is 0 Å². The molecule has 0 saturated heterocycles. The molecule has 0 radical (unpaired) electrons. The lowest BCUT2D eigenvalue weighted by Crippen LogP contribution is -2.10. The summed E-state index contributed by atoms with van der Waals surface area (Å²) in [6.45, 7) is 4.64. The number of unbranched alkanes of at least 4 members (excludes halogenated alkanes) is 2. The van der Waals surface area contributed by atoms with Gasteiger partial charge in [0.1, 0.15) is 0 Å². The van der Waals surface area contributed by atoms with Gasteiger partial charge in [0, 0.05) is 6.61 Å². The Hall–Kier alpha value is -1.38. The molecular formula is C23H38O2. The number of hydrogen-bond donors (Lipinski definition) is 1. The molecule has 2 heteroatoms. The number of ether oxygens (including phenoxy) is 1. The Balaban J connectivity index is 3.44. The molecule has 1 atom stereocenters. The van der Waals surface area contributed by atoms with Gasteiger partial charge >= 0.3 is 0 Å². The van der Waals surface area contributed by atoms with Gasteiger partial charge in [-0.1, -0.05) is 67.7 Å². The number of rotatable bonds is 16. The van der Waals surface area contributed by atoms with Crippen LogP contribution >= 0.6 is 0 Å². The van der Waals surface area contributed by atoms with Crippen LogP contribution in [-0.2, 0) is 4.74 Å². The number of aliphatic hydroxyl groups is 1. The maximum Gasteiger partial charge on any atom is 0.154 e. The largest absolute Gasteiger partial charge is 0.368 e. The maximum atomic E-state index is 9.42. The van der Waals surface area contributed by atoms with Crippen LogP contribution in [0, 0.1) is 0 Å². The Labute approximate surface area is 155 Å². The van der Waals surface area contributed by atoms with E-state index < -0.39 is 6.29 Å². The molecule has 0 amide bonds. The molecule has 25 heavy (non-hydrogen) atoms. The highest BCUT2D eigenvalue weighted by molar-refractivity contribution is 5.00. The second-order valence-corrected chi connectivity index (χ2v) is 5.90. The minimum Gasteiger partial charge on any atom is -0.368 e. The third kappa shape index (κ3) is 20.6. The van der Waals surface area contributed by atoms with E-state index in [0.29, 0.717) is 6.61 Å². The van der Waals surface area contributed by atoms with E-state index in [1.165, 1.54) is 0 Å². The van der Waals surface area contributed by atoms with Crippen molar-refractivity contribution < 1.29 is 9.84 Å². The van der Waals surface area contributed by atoms with Crippen LogP contribution in [0.1, 0.15) is 71.6 Å². The van der Waals surface area contributed by atoms with Gasteiger partial charge in [-0.2, -0.15) is 0 Å². The summed E-state index contributed by atoms with van der Waals surface area (Å²) in [4.78, 5) is 0. The number of aliphatic hydroxyl groups excluding tert-OH is 1. The summed E-state index contributed by atoms with van der Waals surface area (Å²) in [6.07, 6.45) is 30.7. The van der Waals surface area contributed by atoms with Gasteiger partial charge < -0.3 is 9.84 Å². The second-order valence-electron chi connectivity index (χ2n) is 5.90. The molecule has 0 bridgehead atoms. The van der Waals surface area contributed by atoms with Crippen molar-refractivity contribution >= 4 is 0 Å². The highest BCUT2D eigenvalue weighted by Gasteiger charge is 2.00. The summed E-state index contributed by atoms with van der Waals surface area (Å²) in [5, 5.41) is 9.42. The number of allylic oxidation sites excluding steroid dienone is 10. The van der Waals surface area contributed by atoms with Crippen molar-refractivity contribution in [2.75, 3.05) is 6.61 Å². The molecule has 0 aromatic carbocycles. The van der Waals surface area contributed by atoms with Crippen molar-refractivity contribution in [3.8, 4) is 0 Å². The SMILES string of the molecule is CC/C=C\C/C=C\C/C=C\C/C=C\C/C=C\CCCCC(O)OCC. The molecule has 0 fully saturated rings. The minimum atomic E-state index is -0.585. The second kappa shape index (κ2) is 20.7. The van der Waals surface area contributed by atoms with Gasteiger partial charge in [0.15, 0.2) is 6.29 Å². The van der Waals surface area contributed by atoms with Crippen molar-refractivity contribution in [3.63, 3.8) is 0 Å². The first-order valence-electron chi connectivity index (χ1n) is 9.85. The van der Waals surface area contributed by atoms with Gasteiger partial charge in [0.05, 0.1) is 0 Å². The molecule has 0 aliphatic heterocycles. The van der Waals surface area contributed by atoms with Crippen molar-refractivity contribution in [2.24, 2.45) is 0 Å². The molecular weight excluding hydrogens is 308 g/mol. The lowest BCUT2D eigenvalue weighted by atomic mass is 10.1. The molecule has 0 aliphatic carbocycles. The fourth-order valence-electron chi connectivity index (χ4n) is 2.23. The summed E-state index contributed by atoms with van der Waals surface area (Å²) >= 11 is 0. The first-order valence-corrected chi connectivity index (χ1v) is 9.85. The average molecular weight is 347 g/mol. The van der Waals surface area contributed by atoms with E-state index in [1.54, 1.807) is 0 Å². The Morgan fingerprint density at radius 3 is 1.64 bits per heavy atom. The Kier molecular flexibility index (Phi) is 19.5. The molecule has 0 rings (SSSR count). The molecule has 0 heterocycles. The van der Waals surface area contributed by atoms with E-state index in [-0.39, 0.29) is 0 Å². The fraction of sp³-hybridized carbons (Fsp3) is 0.565. The van der Waals surface area contributed by atoms with Gasteiger partial charge in [-0.3, -0.25) is 0 Å². The Morgan fingerprint density at radius 2 is 1.16 bits per heavy atom. The molecule has 0 spiro atoms. The standard InChI is InChI=1S/C23H38O2/c1-3-5-6-7-8-9-10-11-12-13-14-15-16-17-18-19-20-21-22-23(24)25-4-2/h5-6,8-9,11-12,14-15,17-18,23-24H,3-4,7,10,13,16,19-22H2,1-2H3/b6-5-,9-8-,12-11-,15-14-,18-17-. The van der Waals surface area contributed by atoms with E-state index in [2.05, 4.69) is 67.7 Å². The third-order valence-electron chi connectivity index (χ3n) is 3.59. The lowest BCUT2D eigenvalue weighted by molar-refractivity contribution is -0.0993. The molecule has 1 N–H and O–H groups in total. The highest BCUT2D eigenvalue weighted by Crippen LogP contribution is 2.05. The van der Waals surface area contributed by atoms with Crippen LogP contribution in [0.2, 0.25) is 0 Å². The topological polar surface area (TPSA) is 29.5 Å². The van der Waals surface area contributed by atoms with E-state index in [9.17, 15) is 5.11 Å². The third-order valence-corrected chi connectivity index (χ3v) is 3.59. The lowest BCUT2D eigenvalue weighted by Gasteiger charge is -2.08. The minimum absolute atomic E-state index is 0.579. The summed E-state index contributed by atoms with van der Waals surface area (Å²) in [5.41, 5.74) is 0. The fourth-order valence-corrected chi connectivity index (χ4v) is 2.23. The van der Waals surface area contributed by atoms with Crippen molar-refractivity contribution in [1.82, 2.24) is 0 Å². The molecule has 0 saturated carbocycles. The van der Waals surface area contributed by atoms with Crippen LogP contribution in [-0.4, -0.2) is 18.0 Å². The predicted octanol–water partition coefficient (Wildman–Crippen LogP) is 6.65. The molecule has 0 aromatic rings. The van der Waals surface area contributed by atoms with Gasteiger partial charge in [-0.25, -0.2) is 0 Å². The number of hydrogen-bond acceptors (Lipinski definition) is 2. The Bertz CT molecular complexity index is 402. The van der Waals surface area contributed by atoms with Gasteiger partial charge in [-0.05, 0) is 64.7 Å². The van der Waals surface area contributed by atoms with Gasteiger partial charge in [0.2, 0.25) is 0 Å². The first-order chi connectivity index (χ1) is 12.3. The van der Waals surface area contributed by atoms with E-state index in [4.69, 9.17) is 4.74 Å². The monoisotopic (exact) mass is 346 g/mol. The predicted molar refractivity (Wildman–Crippen MR) is 111 cm³/mol. The van der Waals surface area contributed by atoms with Crippen molar-refractivity contribution in [1.29, 1.82) is 0 Å². The van der Waals surface area contributed by atoms with Crippen LogP contribution in [0.15, 0.2) is 60.8 Å². The normalized spacial score (nSPS) is 14.2. The summed E-state index contributed by atoms with van der Waals surface area (Å²) in [5.74, 6) is 0. The summed E-state index contributed by atoms with van der Waals surface area (Å²) in [7, 11) is 0. The van der Waals surface area contributed by atoms with E-state index in [0.717, 1.165) is 57.8 Å². The molecule has 142 valence electrons. The molecule has 1 unspecified atom stereocenters. The average Bonchev–Trinajstić information content (AvgIpc) is 2.61. The van der Waals surface area contributed by atoms with Crippen molar-refractivity contribution in [2.45, 2.75) is 77.9 Å². The molecule has 0 aliphatic rings.